The molecule has 98 valence electrons. The number of phenols is 1. The predicted octanol–water partition coefficient (Wildman–Crippen LogP) is 1.84. The minimum Gasteiger partial charge on any atom is -0.507 e. The van der Waals surface area contributed by atoms with E-state index in [0.717, 1.165) is 19.5 Å². The molecule has 1 amide bonds. The highest BCUT2D eigenvalue weighted by Gasteiger charge is 2.20. The number of hydrogen-bond acceptors (Lipinski definition) is 3. The minimum atomic E-state index is -0.132. The van der Waals surface area contributed by atoms with Crippen molar-refractivity contribution in [2.24, 2.45) is 5.92 Å². The van der Waals surface area contributed by atoms with Gasteiger partial charge in [0.05, 0.1) is 4.47 Å². The van der Waals surface area contributed by atoms with Crippen LogP contribution in [0.1, 0.15) is 16.8 Å². The van der Waals surface area contributed by atoms with Crippen LogP contribution in [-0.4, -0.2) is 42.6 Å². The van der Waals surface area contributed by atoms with Gasteiger partial charge in [-0.1, -0.05) is 0 Å². The van der Waals surface area contributed by atoms with Crippen LogP contribution in [0.5, 0.6) is 5.75 Å². The maximum absolute atomic E-state index is 11.9. The summed E-state index contributed by atoms with van der Waals surface area (Å²) in [6.07, 6.45) is 1.13. The number of nitrogens with one attached hydrogen (secondary N) is 1. The van der Waals surface area contributed by atoms with E-state index in [1.54, 1.807) is 12.1 Å². The molecule has 1 atom stereocenters. The van der Waals surface area contributed by atoms with E-state index in [-0.39, 0.29) is 11.7 Å². The topological polar surface area (TPSA) is 52.6 Å². The number of nitrogens with zero attached hydrogens (tertiary/aromatic N) is 1. The molecule has 1 unspecified atom stereocenters. The molecule has 1 aliphatic rings. The van der Waals surface area contributed by atoms with Crippen LogP contribution in [0.2, 0.25) is 0 Å². The molecule has 1 fully saturated rings. The second-order valence-corrected chi connectivity index (χ2v) is 5.65. The highest BCUT2D eigenvalue weighted by molar-refractivity contribution is 9.10. The molecule has 1 aromatic rings. The van der Waals surface area contributed by atoms with Gasteiger partial charge in [0.25, 0.3) is 5.91 Å². The summed E-state index contributed by atoms with van der Waals surface area (Å²) in [6, 6.07) is 4.84. The fourth-order valence-corrected chi connectivity index (χ4v) is 2.43. The predicted molar refractivity (Wildman–Crippen MR) is 73.7 cm³/mol. The lowest BCUT2D eigenvalue weighted by Crippen LogP contribution is -2.30. The number of benzene rings is 1. The molecule has 0 bridgehead atoms. The Bertz CT molecular complexity index is 451. The summed E-state index contributed by atoms with van der Waals surface area (Å²) in [7, 11) is 2.09. The van der Waals surface area contributed by atoms with Gasteiger partial charge in [-0.25, -0.2) is 0 Å². The lowest BCUT2D eigenvalue weighted by Gasteiger charge is -2.12. The van der Waals surface area contributed by atoms with Crippen LogP contribution in [0.15, 0.2) is 22.7 Å². The molecule has 0 spiro atoms. The summed E-state index contributed by atoms with van der Waals surface area (Å²) >= 11 is 3.19. The average molecular weight is 313 g/mol. The highest BCUT2D eigenvalue weighted by Crippen LogP contribution is 2.24. The second kappa shape index (κ2) is 5.71. The van der Waals surface area contributed by atoms with Gasteiger partial charge < -0.3 is 15.3 Å². The van der Waals surface area contributed by atoms with Gasteiger partial charge in [0.15, 0.2) is 0 Å². The number of rotatable bonds is 3. The Balaban J connectivity index is 1.89. The van der Waals surface area contributed by atoms with Crippen molar-refractivity contribution in [2.45, 2.75) is 6.42 Å². The van der Waals surface area contributed by atoms with Gasteiger partial charge in [-0.3, -0.25) is 4.79 Å². The molecule has 0 aliphatic carbocycles. The van der Waals surface area contributed by atoms with Gasteiger partial charge in [-0.15, -0.1) is 0 Å². The number of carbonyl (C=O) groups is 1. The van der Waals surface area contributed by atoms with E-state index in [2.05, 4.69) is 33.2 Å². The van der Waals surface area contributed by atoms with Crippen molar-refractivity contribution in [3.05, 3.63) is 28.2 Å². The van der Waals surface area contributed by atoms with Crippen LogP contribution in [0.3, 0.4) is 0 Å². The van der Waals surface area contributed by atoms with Gasteiger partial charge in [-0.2, -0.15) is 0 Å². The normalized spacial score (nSPS) is 20.0. The summed E-state index contributed by atoms with van der Waals surface area (Å²) < 4.78 is 0.594. The smallest absolute Gasteiger partial charge is 0.251 e. The number of halogens is 1. The van der Waals surface area contributed by atoms with E-state index in [9.17, 15) is 9.90 Å². The fourth-order valence-electron chi connectivity index (χ4n) is 2.19. The van der Waals surface area contributed by atoms with Crippen LogP contribution in [0.4, 0.5) is 0 Å². The maximum Gasteiger partial charge on any atom is 0.251 e. The van der Waals surface area contributed by atoms with E-state index in [1.807, 2.05) is 0 Å². The van der Waals surface area contributed by atoms with Crippen molar-refractivity contribution in [3.63, 3.8) is 0 Å². The van der Waals surface area contributed by atoms with E-state index >= 15 is 0 Å². The largest absolute Gasteiger partial charge is 0.507 e. The average Bonchev–Trinajstić information content (AvgIpc) is 2.75. The molecule has 0 aromatic heterocycles. The van der Waals surface area contributed by atoms with E-state index in [4.69, 9.17) is 0 Å². The van der Waals surface area contributed by atoms with Crippen LogP contribution in [-0.2, 0) is 0 Å². The minimum absolute atomic E-state index is 0.0863. The molecule has 2 N–H and O–H groups in total. The highest BCUT2D eigenvalue weighted by atomic mass is 79.9. The van der Waals surface area contributed by atoms with E-state index in [0.29, 0.717) is 22.5 Å². The summed E-state index contributed by atoms with van der Waals surface area (Å²) in [6.45, 7) is 2.82. The van der Waals surface area contributed by atoms with Crippen LogP contribution in [0.25, 0.3) is 0 Å². The zero-order chi connectivity index (χ0) is 13.1. The standard InChI is InChI=1S/C13H17BrN2O2/c1-16-5-4-9(8-16)7-15-13(18)10-2-3-11(14)12(17)6-10/h2-3,6,9,17H,4-5,7-8H2,1H3,(H,15,18). The molecular formula is C13H17BrN2O2. The lowest BCUT2D eigenvalue weighted by molar-refractivity contribution is 0.0947. The third kappa shape index (κ3) is 3.23. The Kier molecular flexibility index (Phi) is 4.24. The van der Waals surface area contributed by atoms with E-state index in [1.165, 1.54) is 6.07 Å². The molecule has 0 radical (unpaired) electrons. The first-order chi connectivity index (χ1) is 8.56. The molecule has 0 saturated carbocycles. The van der Waals surface area contributed by atoms with Crippen molar-refractivity contribution in [3.8, 4) is 5.75 Å². The number of aromatic hydroxyl groups is 1. The quantitative estimate of drug-likeness (QED) is 0.895. The molecular weight excluding hydrogens is 296 g/mol. The Hall–Kier alpha value is -1.07. The first-order valence-corrected chi connectivity index (χ1v) is 6.81. The third-order valence-corrected chi connectivity index (χ3v) is 3.92. The fraction of sp³-hybridized carbons (Fsp3) is 0.462. The summed E-state index contributed by atoms with van der Waals surface area (Å²) in [4.78, 5) is 14.2. The monoisotopic (exact) mass is 312 g/mol. The Morgan fingerprint density at radius 3 is 3.00 bits per heavy atom. The zero-order valence-corrected chi connectivity index (χ0v) is 11.9. The summed E-state index contributed by atoms with van der Waals surface area (Å²) in [5, 5.41) is 12.4. The van der Waals surface area contributed by atoms with Crippen molar-refractivity contribution in [2.75, 3.05) is 26.7 Å². The molecule has 1 aliphatic heterocycles. The summed E-state index contributed by atoms with van der Waals surface area (Å²) in [5.74, 6) is 0.485. The van der Waals surface area contributed by atoms with E-state index < -0.39 is 0 Å². The first-order valence-electron chi connectivity index (χ1n) is 6.01. The van der Waals surface area contributed by atoms with Crippen LogP contribution in [0, 0.1) is 5.92 Å². The van der Waals surface area contributed by atoms with Gasteiger partial charge in [0.2, 0.25) is 0 Å². The molecule has 4 nitrogen and oxygen atoms in total. The molecule has 1 aromatic carbocycles. The Morgan fingerprint density at radius 2 is 2.39 bits per heavy atom. The van der Waals surface area contributed by atoms with Crippen LogP contribution < -0.4 is 5.32 Å². The molecule has 2 rings (SSSR count). The van der Waals surface area contributed by atoms with Crippen molar-refractivity contribution in [1.82, 2.24) is 10.2 Å². The molecule has 1 heterocycles. The number of likely N-dealkylation sites (tertiary alicyclic amines) is 1. The van der Waals surface area contributed by atoms with Gasteiger partial charge in [0, 0.05) is 18.7 Å². The Labute approximate surface area is 115 Å². The number of hydrogen-bond donors (Lipinski definition) is 2. The molecule has 5 heteroatoms. The number of carbonyl (C=O) groups excluding carboxylic acids is 1. The summed E-state index contributed by atoms with van der Waals surface area (Å²) in [5.41, 5.74) is 0.488. The van der Waals surface area contributed by atoms with Gasteiger partial charge in [0.1, 0.15) is 5.75 Å². The zero-order valence-electron chi connectivity index (χ0n) is 10.3. The van der Waals surface area contributed by atoms with Crippen molar-refractivity contribution in [1.29, 1.82) is 0 Å². The SMILES string of the molecule is CN1CCC(CNC(=O)c2ccc(Br)c(O)c2)C1. The second-order valence-electron chi connectivity index (χ2n) is 4.79. The first kappa shape index (κ1) is 13.4. The van der Waals surface area contributed by atoms with Gasteiger partial charge in [-0.05, 0) is 60.1 Å². The lowest BCUT2D eigenvalue weighted by atomic mass is 10.1. The van der Waals surface area contributed by atoms with Crippen molar-refractivity contribution >= 4 is 21.8 Å². The van der Waals surface area contributed by atoms with Crippen molar-refractivity contribution < 1.29 is 9.90 Å². The van der Waals surface area contributed by atoms with Crippen LogP contribution >= 0.6 is 15.9 Å². The number of phenolic OH excluding ortho intramolecular Hbond substituents is 1. The number of amides is 1. The molecule has 1 saturated heterocycles. The molecule has 18 heavy (non-hydrogen) atoms. The third-order valence-electron chi connectivity index (χ3n) is 3.25. The Morgan fingerprint density at radius 1 is 1.61 bits per heavy atom. The maximum atomic E-state index is 11.9. The van der Waals surface area contributed by atoms with Gasteiger partial charge >= 0.3 is 0 Å².